The van der Waals surface area contributed by atoms with Gasteiger partial charge in [0.2, 0.25) is 0 Å². The van der Waals surface area contributed by atoms with Crippen molar-refractivity contribution in [1.29, 1.82) is 0 Å². The van der Waals surface area contributed by atoms with Crippen molar-refractivity contribution in [1.82, 2.24) is 19.6 Å². The number of rotatable bonds is 2. The van der Waals surface area contributed by atoms with Gasteiger partial charge in [-0.1, -0.05) is 24.6 Å². The van der Waals surface area contributed by atoms with Crippen LogP contribution in [0.1, 0.15) is 46.9 Å². The largest absolute Gasteiger partial charge is 0.485 e. The molecule has 1 spiro atoms. The van der Waals surface area contributed by atoms with Crippen molar-refractivity contribution in [2.45, 2.75) is 45.8 Å². The van der Waals surface area contributed by atoms with E-state index in [1.807, 2.05) is 18.9 Å². The van der Waals surface area contributed by atoms with Gasteiger partial charge >= 0.3 is 0 Å². The predicted octanol–water partition coefficient (Wildman–Crippen LogP) is 2.93. The van der Waals surface area contributed by atoms with Crippen molar-refractivity contribution >= 4 is 5.91 Å². The van der Waals surface area contributed by atoms with Gasteiger partial charge in [0.1, 0.15) is 11.4 Å². The summed E-state index contributed by atoms with van der Waals surface area (Å²) in [7, 11) is 1.87. The van der Waals surface area contributed by atoms with Crippen molar-refractivity contribution < 1.29 is 9.53 Å². The number of hydrogen-bond acceptors (Lipinski definition) is 4. The molecule has 0 saturated carbocycles. The molecule has 2 aliphatic heterocycles. The Morgan fingerprint density at radius 3 is 2.64 bits per heavy atom. The molecule has 0 bridgehead atoms. The lowest BCUT2D eigenvalue weighted by atomic mass is 9.90. The number of carbonyl (C=O) groups is 1. The molecular weight excluding hydrogens is 352 g/mol. The van der Waals surface area contributed by atoms with Crippen molar-refractivity contribution in [3.8, 4) is 5.75 Å². The van der Waals surface area contributed by atoms with Crippen LogP contribution in [0.5, 0.6) is 5.75 Å². The molecule has 1 amide bonds. The van der Waals surface area contributed by atoms with Crippen molar-refractivity contribution in [3.05, 3.63) is 46.8 Å². The minimum Gasteiger partial charge on any atom is -0.485 e. The van der Waals surface area contributed by atoms with Crippen LogP contribution in [0.2, 0.25) is 0 Å². The first-order valence-electron chi connectivity index (χ1n) is 10.2. The second-order valence-corrected chi connectivity index (χ2v) is 8.26. The summed E-state index contributed by atoms with van der Waals surface area (Å²) < 4.78 is 8.40. The molecule has 0 N–H and O–H groups in total. The number of amides is 1. The van der Waals surface area contributed by atoms with Gasteiger partial charge in [0.05, 0.1) is 18.3 Å². The lowest BCUT2D eigenvalue weighted by molar-refractivity contribution is -0.0142. The first-order chi connectivity index (χ1) is 13.4. The summed E-state index contributed by atoms with van der Waals surface area (Å²) >= 11 is 0. The number of benzene rings is 1. The number of fused-ring (bicyclic) bond motifs is 1. The number of likely N-dealkylation sites (tertiary alicyclic amines) is 1. The maximum Gasteiger partial charge on any atom is 0.257 e. The Balaban J connectivity index is 1.70. The standard InChI is InChI=1S/C22H30N4O2/c1-5-25-10-8-22(9-11-25)15-26(21(27)19-13-23-24(4)17(19)3)14-18-12-16(2)6-7-20(18)28-22/h6-7,12-13H,5,8-11,14-15H2,1-4H3. The quantitative estimate of drug-likeness (QED) is 0.801. The topological polar surface area (TPSA) is 50.6 Å². The van der Waals surface area contributed by atoms with E-state index in [-0.39, 0.29) is 11.5 Å². The second-order valence-electron chi connectivity index (χ2n) is 8.26. The SMILES string of the molecule is CCN1CCC2(CC1)CN(C(=O)c1cnn(C)c1C)Cc1cc(C)ccc1O2. The fourth-order valence-corrected chi connectivity index (χ4v) is 4.37. The normalized spacial score (nSPS) is 19.2. The lowest BCUT2D eigenvalue weighted by Gasteiger charge is -2.42. The van der Waals surface area contributed by atoms with Gasteiger partial charge in [0, 0.05) is 50.8 Å². The number of ether oxygens (including phenoxy) is 1. The zero-order chi connectivity index (χ0) is 19.9. The average Bonchev–Trinajstić information content (AvgIpc) is 2.93. The molecule has 0 atom stereocenters. The van der Waals surface area contributed by atoms with Gasteiger partial charge in [-0.3, -0.25) is 9.48 Å². The number of aryl methyl sites for hydroxylation is 2. The first-order valence-corrected chi connectivity index (χ1v) is 10.2. The van der Waals surface area contributed by atoms with Gasteiger partial charge < -0.3 is 14.5 Å². The summed E-state index contributed by atoms with van der Waals surface area (Å²) in [5.74, 6) is 0.967. The molecule has 1 fully saturated rings. The fraction of sp³-hybridized carbons (Fsp3) is 0.545. The van der Waals surface area contributed by atoms with Crippen LogP contribution >= 0.6 is 0 Å². The average molecular weight is 383 g/mol. The summed E-state index contributed by atoms with van der Waals surface area (Å²) in [5.41, 5.74) is 3.53. The molecule has 1 aromatic heterocycles. The van der Waals surface area contributed by atoms with Gasteiger partial charge in [-0.2, -0.15) is 5.10 Å². The highest BCUT2D eigenvalue weighted by Crippen LogP contribution is 2.36. The molecule has 4 rings (SSSR count). The van der Waals surface area contributed by atoms with Crippen LogP contribution in [-0.2, 0) is 13.6 Å². The first kappa shape index (κ1) is 19.0. The Labute approximate surface area is 167 Å². The number of carbonyl (C=O) groups excluding carboxylic acids is 1. The Morgan fingerprint density at radius 1 is 1.25 bits per heavy atom. The monoisotopic (exact) mass is 382 g/mol. The lowest BCUT2D eigenvalue weighted by Crippen LogP contribution is -2.54. The van der Waals surface area contributed by atoms with Gasteiger partial charge in [0.25, 0.3) is 5.91 Å². The molecule has 150 valence electrons. The molecule has 28 heavy (non-hydrogen) atoms. The minimum absolute atomic E-state index is 0.0425. The van der Waals surface area contributed by atoms with Crippen LogP contribution < -0.4 is 4.74 Å². The Kier molecular flexibility index (Phi) is 4.91. The molecule has 6 heteroatoms. The molecule has 0 aliphatic carbocycles. The van der Waals surface area contributed by atoms with E-state index in [9.17, 15) is 4.79 Å². The van der Waals surface area contributed by atoms with Crippen LogP contribution in [0.25, 0.3) is 0 Å². The third kappa shape index (κ3) is 3.41. The smallest absolute Gasteiger partial charge is 0.257 e. The number of piperidine rings is 1. The molecule has 0 unspecified atom stereocenters. The minimum atomic E-state index is -0.321. The fourth-order valence-electron chi connectivity index (χ4n) is 4.37. The van der Waals surface area contributed by atoms with E-state index in [1.165, 1.54) is 5.56 Å². The maximum absolute atomic E-state index is 13.4. The summed E-state index contributed by atoms with van der Waals surface area (Å²) in [4.78, 5) is 17.9. The summed E-state index contributed by atoms with van der Waals surface area (Å²) in [6, 6.07) is 6.31. The number of aromatic nitrogens is 2. The van der Waals surface area contributed by atoms with Gasteiger partial charge in [0.15, 0.2) is 0 Å². The Bertz CT molecular complexity index is 881. The predicted molar refractivity (Wildman–Crippen MR) is 109 cm³/mol. The zero-order valence-corrected chi connectivity index (χ0v) is 17.4. The van der Waals surface area contributed by atoms with Gasteiger partial charge in [-0.25, -0.2) is 0 Å². The molecule has 1 aromatic carbocycles. The zero-order valence-electron chi connectivity index (χ0n) is 17.4. The highest BCUT2D eigenvalue weighted by molar-refractivity contribution is 5.95. The molecule has 6 nitrogen and oxygen atoms in total. The third-order valence-corrected chi connectivity index (χ3v) is 6.35. The molecule has 3 heterocycles. The Hall–Kier alpha value is -2.34. The molecular formula is C22H30N4O2. The van der Waals surface area contributed by atoms with Crippen LogP contribution in [0.15, 0.2) is 24.4 Å². The second kappa shape index (κ2) is 7.24. The van der Waals surface area contributed by atoms with Crippen LogP contribution in [0.3, 0.4) is 0 Å². The molecule has 1 saturated heterocycles. The van der Waals surface area contributed by atoms with Crippen LogP contribution in [0, 0.1) is 13.8 Å². The molecule has 2 aliphatic rings. The van der Waals surface area contributed by atoms with E-state index in [2.05, 4.69) is 42.0 Å². The maximum atomic E-state index is 13.4. The third-order valence-electron chi connectivity index (χ3n) is 6.35. The van der Waals surface area contributed by atoms with Gasteiger partial charge in [-0.15, -0.1) is 0 Å². The summed E-state index contributed by atoms with van der Waals surface area (Å²) in [6.07, 6.45) is 3.56. The van der Waals surface area contributed by atoms with Crippen molar-refractivity contribution in [3.63, 3.8) is 0 Å². The van der Waals surface area contributed by atoms with E-state index in [0.717, 1.165) is 49.5 Å². The van der Waals surface area contributed by atoms with Crippen LogP contribution in [-0.4, -0.2) is 57.3 Å². The van der Waals surface area contributed by atoms with E-state index in [0.29, 0.717) is 18.7 Å². The summed E-state index contributed by atoms with van der Waals surface area (Å²) in [6.45, 7) is 10.5. The van der Waals surface area contributed by atoms with E-state index in [1.54, 1.807) is 10.9 Å². The molecule has 2 aromatic rings. The molecule has 0 radical (unpaired) electrons. The van der Waals surface area contributed by atoms with Crippen molar-refractivity contribution in [2.24, 2.45) is 7.05 Å². The van der Waals surface area contributed by atoms with E-state index < -0.39 is 0 Å². The van der Waals surface area contributed by atoms with Crippen molar-refractivity contribution in [2.75, 3.05) is 26.2 Å². The van der Waals surface area contributed by atoms with Gasteiger partial charge in [-0.05, 0) is 26.5 Å². The Morgan fingerprint density at radius 2 is 2.00 bits per heavy atom. The van der Waals surface area contributed by atoms with Crippen LogP contribution in [0.4, 0.5) is 0 Å². The van der Waals surface area contributed by atoms with E-state index in [4.69, 9.17) is 4.74 Å². The number of nitrogens with zero attached hydrogens (tertiary/aromatic N) is 4. The highest BCUT2D eigenvalue weighted by atomic mass is 16.5. The summed E-state index contributed by atoms with van der Waals surface area (Å²) in [5, 5.41) is 4.27. The van der Waals surface area contributed by atoms with E-state index >= 15 is 0 Å². The highest BCUT2D eigenvalue weighted by Gasteiger charge is 2.42. The number of hydrogen-bond donors (Lipinski definition) is 0.